The van der Waals surface area contributed by atoms with E-state index in [0.717, 1.165) is 0 Å². The van der Waals surface area contributed by atoms with Gasteiger partial charge in [0.25, 0.3) is 0 Å². The van der Waals surface area contributed by atoms with Crippen molar-refractivity contribution in [2.45, 2.75) is 0 Å². The van der Waals surface area contributed by atoms with Crippen LogP contribution in [0.3, 0.4) is 0 Å². The minimum absolute atomic E-state index is 0.00111. The van der Waals surface area contributed by atoms with Crippen molar-refractivity contribution in [3.63, 3.8) is 0 Å². The van der Waals surface area contributed by atoms with Gasteiger partial charge in [0.05, 0.1) is 17.5 Å². The second-order valence-electron chi connectivity index (χ2n) is 4.99. The van der Waals surface area contributed by atoms with Crippen LogP contribution in [0.2, 0.25) is 15.1 Å². The zero-order valence-corrected chi connectivity index (χ0v) is 15.2. The fraction of sp³-hybridized carbons (Fsp3) is 0.0556. The number of nitrogens with zero attached hydrogens (tertiary/aromatic N) is 2. The van der Waals surface area contributed by atoms with E-state index in [1.54, 1.807) is 72.0 Å². The van der Waals surface area contributed by atoms with Crippen LogP contribution in [0.5, 0.6) is 5.75 Å². The summed E-state index contributed by atoms with van der Waals surface area (Å²) in [4.78, 5) is 4.01. The third-order valence-corrected chi connectivity index (χ3v) is 4.04. The molecule has 0 fully saturated rings. The van der Waals surface area contributed by atoms with Crippen molar-refractivity contribution in [3.8, 4) is 5.75 Å². The highest BCUT2D eigenvalue weighted by Crippen LogP contribution is 2.28. The summed E-state index contributed by atoms with van der Waals surface area (Å²) < 4.78 is 13.1. The molecular weight excluding hydrogens is 383 g/mol. The summed E-state index contributed by atoms with van der Waals surface area (Å²) in [6, 6.07) is 12.2. The first kappa shape index (κ1) is 17.7. The van der Waals surface area contributed by atoms with E-state index >= 15 is 0 Å². The molecule has 0 N–H and O–H groups in total. The molecule has 3 aromatic rings. The second kappa shape index (κ2) is 8.30. The third kappa shape index (κ3) is 4.92. The molecule has 128 valence electrons. The maximum atomic E-state index is 6.29. The molecule has 7 heteroatoms. The molecule has 0 atom stereocenters. The fourth-order valence-electron chi connectivity index (χ4n) is 2.05. The van der Waals surface area contributed by atoms with Crippen molar-refractivity contribution in [2.75, 3.05) is 6.79 Å². The quantitative estimate of drug-likeness (QED) is 0.388. The molecule has 1 aromatic heterocycles. The number of rotatable bonds is 6. The Bertz CT molecular complexity index is 863. The molecule has 0 saturated heterocycles. The summed E-state index contributed by atoms with van der Waals surface area (Å²) in [7, 11) is 0. The molecule has 4 nitrogen and oxygen atoms in total. The van der Waals surface area contributed by atoms with E-state index in [1.165, 1.54) is 0 Å². The Morgan fingerprint density at radius 3 is 2.48 bits per heavy atom. The number of hydrogen-bond donors (Lipinski definition) is 0. The second-order valence-corrected chi connectivity index (χ2v) is 6.27. The highest BCUT2D eigenvalue weighted by atomic mass is 35.5. The van der Waals surface area contributed by atoms with Gasteiger partial charge in [-0.15, -0.1) is 0 Å². The van der Waals surface area contributed by atoms with Crippen molar-refractivity contribution in [3.05, 3.63) is 81.8 Å². The minimum Gasteiger partial charge on any atom is -0.457 e. The van der Waals surface area contributed by atoms with Crippen LogP contribution in [0.1, 0.15) is 5.56 Å². The van der Waals surface area contributed by atoms with E-state index in [0.29, 0.717) is 32.1 Å². The Hall–Kier alpha value is -2.14. The van der Waals surface area contributed by atoms with Gasteiger partial charge in [0, 0.05) is 28.0 Å². The molecule has 0 saturated carbocycles. The van der Waals surface area contributed by atoms with Crippen LogP contribution in [0.25, 0.3) is 12.0 Å². The van der Waals surface area contributed by atoms with Gasteiger partial charge in [-0.05, 0) is 42.5 Å². The normalized spacial score (nSPS) is 11.4. The maximum absolute atomic E-state index is 6.29. The summed E-state index contributed by atoms with van der Waals surface area (Å²) in [5.41, 5.74) is 0.694. The van der Waals surface area contributed by atoms with Crippen molar-refractivity contribution in [1.82, 2.24) is 9.55 Å². The Labute approximate surface area is 160 Å². The van der Waals surface area contributed by atoms with Crippen LogP contribution in [-0.2, 0) is 4.74 Å². The number of ether oxygens (including phenoxy) is 2. The predicted molar refractivity (Wildman–Crippen MR) is 101 cm³/mol. The first-order chi connectivity index (χ1) is 12.1. The fourth-order valence-corrected chi connectivity index (χ4v) is 2.67. The van der Waals surface area contributed by atoms with Crippen LogP contribution in [-0.4, -0.2) is 16.3 Å². The van der Waals surface area contributed by atoms with Gasteiger partial charge in [-0.25, -0.2) is 4.98 Å². The average molecular weight is 396 g/mol. The number of halogens is 3. The van der Waals surface area contributed by atoms with Crippen LogP contribution in [0.15, 0.2) is 61.2 Å². The Kier molecular flexibility index (Phi) is 5.87. The van der Waals surface area contributed by atoms with Gasteiger partial charge < -0.3 is 14.0 Å². The summed E-state index contributed by atoms with van der Waals surface area (Å²) in [5, 5.41) is 1.67. The number of aromatic nitrogens is 2. The molecule has 0 radical (unpaired) electrons. The molecule has 0 aliphatic rings. The summed E-state index contributed by atoms with van der Waals surface area (Å²) in [6.45, 7) is 0.00111. The molecule has 3 rings (SSSR count). The zero-order chi connectivity index (χ0) is 17.6. The van der Waals surface area contributed by atoms with Crippen molar-refractivity contribution in [1.29, 1.82) is 0 Å². The lowest BCUT2D eigenvalue weighted by Crippen LogP contribution is -2.04. The largest absolute Gasteiger partial charge is 0.457 e. The first-order valence-electron chi connectivity index (χ1n) is 7.27. The maximum Gasteiger partial charge on any atom is 0.230 e. The first-order valence-corrected chi connectivity index (χ1v) is 8.41. The van der Waals surface area contributed by atoms with Crippen molar-refractivity contribution in [2.24, 2.45) is 0 Å². The number of benzene rings is 2. The molecule has 0 spiro atoms. The van der Waals surface area contributed by atoms with Gasteiger partial charge >= 0.3 is 0 Å². The molecule has 0 amide bonds. The molecule has 2 aromatic carbocycles. The van der Waals surface area contributed by atoms with Crippen LogP contribution < -0.4 is 4.74 Å². The third-order valence-electron chi connectivity index (χ3n) is 3.24. The minimum atomic E-state index is 0.00111. The SMILES string of the molecule is Clc1ccc(OCOC(=Cn2ccnc2)c2ccc(Cl)cc2Cl)cc1. The van der Waals surface area contributed by atoms with Crippen LogP contribution in [0.4, 0.5) is 0 Å². The topological polar surface area (TPSA) is 36.3 Å². The molecule has 25 heavy (non-hydrogen) atoms. The summed E-state index contributed by atoms with van der Waals surface area (Å²) in [5.74, 6) is 1.17. The van der Waals surface area contributed by atoms with E-state index in [-0.39, 0.29) is 6.79 Å². The molecule has 0 unspecified atom stereocenters. The molecule has 0 aliphatic heterocycles. The monoisotopic (exact) mass is 394 g/mol. The summed E-state index contributed by atoms with van der Waals surface area (Å²) >= 11 is 18.1. The van der Waals surface area contributed by atoms with Crippen LogP contribution >= 0.6 is 34.8 Å². The molecule has 0 aliphatic carbocycles. The Balaban J connectivity index is 1.78. The molecular formula is C18H13Cl3N2O2. The van der Waals surface area contributed by atoms with Gasteiger partial charge in [-0.3, -0.25) is 0 Å². The summed E-state index contributed by atoms with van der Waals surface area (Å²) in [6.07, 6.45) is 6.86. The molecule has 1 heterocycles. The lowest BCUT2D eigenvalue weighted by molar-refractivity contribution is 0.0960. The van der Waals surface area contributed by atoms with Gasteiger partial charge in [-0.2, -0.15) is 0 Å². The van der Waals surface area contributed by atoms with Gasteiger partial charge in [0.15, 0.2) is 0 Å². The lowest BCUT2D eigenvalue weighted by atomic mass is 10.2. The zero-order valence-electron chi connectivity index (χ0n) is 12.9. The number of imidazole rings is 1. The van der Waals surface area contributed by atoms with Gasteiger partial charge in [0.2, 0.25) is 6.79 Å². The van der Waals surface area contributed by atoms with Gasteiger partial charge in [-0.1, -0.05) is 34.8 Å². The Morgan fingerprint density at radius 1 is 1.04 bits per heavy atom. The van der Waals surface area contributed by atoms with E-state index in [1.807, 2.05) is 0 Å². The van der Waals surface area contributed by atoms with Crippen molar-refractivity contribution < 1.29 is 9.47 Å². The van der Waals surface area contributed by atoms with E-state index < -0.39 is 0 Å². The lowest BCUT2D eigenvalue weighted by Gasteiger charge is -2.13. The van der Waals surface area contributed by atoms with E-state index in [4.69, 9.17) is 44.3 Å². The standard InChI is InChI=1S/C18H13Cl3N2O2/c19-13-1-4-15(5-2-13)24-12-25-18(10-23-8-7-22-11-23)16-6-3-14(20)9-17(16)21/h1-11H,12H2. The highest BCUT2D eigenvalue weighted by molar-refractivity contribution is 6.35. The molecule has 0 bridgehead atoms. The Morgan fingerprint density at radius 2 is 1.80 bits per heavy atom. The predicted octanol–water partition coefficient (Wildman–Crippen LogP) is 5.85. The number of hydrogen-bond acceptors (Lipinski definition) is 3. The van der Waals surface area contributed by atoms with E-state index in [2.05, 4.69) is 4.98 Å². The van der Waals surface area contributed by atoms with Crippen molar-refractivity contribution >= 4 is 46.8 Å². The van der Waals surface area contributed by atoms with Crippen LogP contribution in [0, 0.1) is 0 Å². The highest BCUT2D eigenvalue weighted by Gasteiger charge is 2.10. The van der Waals surface area contributed by atoms with Gasteiger partial charge in [0.1, 0.15) is 11.5 Å². The van der Waals surface area contributed by atoms with E-state index in [9.17, 15) is 0 Å². The smallest absolute Gasteiger partial charge is 0.230 e. The average Bonchev–Trinajstić information content (AvgIpc) is 3.09.